The Kier molecular flexibility index (Phi) is 4.29. The lowest BCUT2D eigenvalue weighted by Crippen LogP contribution is -2.12. The first kappa shape index (κ1) is 17.7. The van der Waals surface area contributed by atoms with Crippen LogP contribution in [0.5, 0.6) is 0 Å². The Bertz CT molecular complexity index is 1220. The van der Waals surface area contributed by atoms with Gasteiger partial charge in [0.25, 0.3) is 11.6 Å². The zero-order valence-electron chi connectivity index (χ0n) is 15.0. The number of hydrogen-bond donors (Lipinski definition) is 1. The lowest BCUT2D eigenvalue weighted by atomic mass is 10.1. The number of rotatable bonds is 4. The molecule has 0 amide bonds. The van der Waals surface area contributed by atoms with Gasteiger partial charge in [0.2, 0.25) is 0 Å². The molecule has 0 fully saturated rings. The Morgan fingerprint density at radius 2 is 1.82 bits per heavy atom. The molecule has 1 N–H and O–H groups in total. The highest BCUT2D eigenvalue weighted by Gasteiger charge is 2.23. The summed E-state index contributed by atoms with van der Waals surface area (Å²) in [5.74, 6) is -0.105. The minimum atomic E-state index is -0.490. The molecule has 2 aromatic heterocycles. The van der Waals surface area contributed by atoms with Crippen LogP contribution in [-0.2, 0) is 6.61 Å². The predicted molar refractivity (Wildman–Crippen MR) is 103 cm³/mol. The summed E-state index contributed by atoms with van der Waals surface area (Å²) >= 11 is 0. The van der Waals surface area contributed by atoms with Gasteiger partial charge >= 0.3 is 0 Å². The summed E-state index contributed by atoms with van der Waals surface area (Å²) in [4.78, 5) is 23.9. The number of carbonyl (C=O) groups is 1. The van der Waals surface area contributed by atoms with Crippen molar-refractivity contribution in [2.24, 2.45) is 0 Å². The van der Waals surface area contributed by atoms with E-state index < -0.39 is 10.8 Å². The summed E-state index contributed by atoms with van der Waals surface area (Å²) < 4.78 is 7.18. The first-order chi connectivity index (χ1) is 13.5. The topological polar surface area (TPSA) is 98.5 Å². The lowest BCUT2D eigenvalue weighted by molar-refractivity contribution is -0.384. The summed E-state index contributed by atoms with van der Waals surface area (Å²) in [6, 6.07) is 16.5. The number of aromatic nitrogens is 1. The van der Waals surface area contributed by atoms with Crippen LogP contribution in [0.3, 0.4) is 0 Å². The van der Waals surface area contributed by atoms with E-state index in [1.165, 1.54) is 16.7 Å². The molecule has 28 heavy (non-hydrogen) atoms. The summed E-state index contributed by atoms with van der Waals surface area (Å²) in [5, 5.41) is 21.8. The molecular weight excluding hydrogens is 360 g/mol. The number of carbonyl (C=O) groups excluding carboxylic acids is 1. The molecule has 0 saturated carbocycles. The minimum absolute atomic E-state index is 0.0569. The molecule has 7 heteroatoms. The number of aliphatic hydroxyl groups is 1. The quantitative estimate of drug-likeness (QED) is 0.423. The van der Waals surface area contributed by atoms with Crippen LogP contribution in [0, 0.1) is 17.0 Å². The molecule has 0 aliphatic carbocycles. The maximum atomic E-state index is 13.1. The molecule has 7 nitrogen and oxygen atoms in total. The fraction of sp³-hybridized carbons (Fsp3) is 0.0952. The lowest BCUT2D eigenvalue weighted by Gasteiger charge is -2.05. The van der Waals surface area contributed by atoms with Crippen molar-refractivity contribution in [1.29, 1.82) is 0 Å². The Morgan fingerprint density at radius 3 is 2.57 bits per heavy atom. The van der Waals surface area contributed by atoms with Crippen molar-refractivity contribution in [2.75, 3.05) is 0 Å². The first-order valence-electron chi connectivity index (χ1n) is 8.61. The van der Waals surface area contributed by atoms with Crippen LogP contribution >= 0.6 is 0 Å². The fourth-order valence-corrected chi connectivity index (χ4v) is 3.44. The molecule has 0 spiro atoms. The second-order valence-corrected chi connectivity index (χ2v) is 6.32. The van der Waals surface area contributed by atoms with E-state index in [1.807, 2.05) is 18.2 Å². The average molecular weight is 376 g/mol. The van der Waals surface area contributed by atoms with Gasteiger partial charge in [-0.15, -0.1) is 0 Å². The Balaban J connectivity index is 1.81. The van der Waals surface area contributed by atoms with Crippen molar-refractivity contribution in [3.63, 3.8) is 0 Å². The van der Waals surface area contributed by atoms with Gasteiger partial charge in [0.05, 0.1) is 22.6 Å². The van der Waals surface area contributed by atoms with Crippen LogP contribution in [0.1, 0.15) is 21.8 Å². The molecule has 0 unspecified atom stereocenters. The number of nitrogens with zero attached hydrogens (tertiary/aromatic N) is 2. The molecule has 140 valence electrons. The van der Waals surface area contributed by atoms with E-state index in [2.05, 4.69) is 0 Å². The SMILES string of the molecule is Cc1c(CO)c2ccccc2n1C(=O)c1ccc(-c2ccccc2[N+](=O)[O-])o1. The van der Waals surface area contributed by atoms with Crippen molar-refractivity contribution < 1.29 is 19.2 Å². The Labute approximate surface area is 159 Å². The molecule has 0 saturated heterocycles. The van der Waals surface area contributed by atoms with E-state index in [1.54, 1.807) is 37.3 Å². The van der Waals surface area contributed by atoms with Gasteiger partial charge < -0.3 is 9.52 Å². The monoisotopic (exact) mass is 376 g/mol. The number of nitro groups is 1. The molecule has 0 bridgehead atoms. The molecule has 0 radical (unpaired) electrons. The highest BCUT2D eigenvalue weighted by atomic mass is 16.6. The van der Waals surface area contributed by atoms with Gasteiger partial charge in [-0.05, 0) is 31.2 Å². The van der Waals surface area contributed by atoms with Crippen LogP contribution in [-0.4, -0.2) is 20.5 Å². The van der Waals surface area contributed by atoms with Gasteiger partial charge in [0.1, 0.15) is 5.76 Å². The Hall–Kier alpha value is -3.71. The first-order valence-corrected chi connectivity index (χ1v) is 8.61. The van der Waals surface area contributed by atoms with Crippen LogP contribution in [0.2, 0.25) is 0 Å². The average Bonchev–Trinajstić information content (AvgIpc) is 3.30. The molecule has 2 heterocycles. The van der Waals surface area contributed by atoms with Gasteiger partial charge in [-0.1, -0.05) is 30.3 Å². The van der Waals surface area contributed by atoms with E-state index in [9.17, 15) is 20.0 Å². The molecule has 0 atom stereocenters. The number of furan rings is 1. The maximum absolute atomic E-state index is 13.1. The number of para-hydroxylation sites is 2. The van der Waals surface area contributed by atoms with E-state index >= 15 is 0 Å². The number of fused-ring (bicyclic) bond motifs is 1. The molecule has 4 aromatic rings. The summed E-state index contributed by atoms with van der Waals surface area (Å²) in [5.41, 5.74) is 2.17. The standard InChI is InChI=1S/C21H16N2O5/c1-13-16(12-24)14-6-2-4-8-17(14)22(13)21(25)20-11-10-19(28-20)15-7-3-5-9-18(15)23(26)27/h2-11,24H,12H2,1H3. The van der Waals surface area contributed by atoms with Crippen LogP contribution in [0.25, 0.3) is 22.2 Å². The Morgan fingerprint density at radius 1 is 1.11 bits per heavy atom. The van der Waals surface area contributed by atoms with Gasteiger partial charge in [-0.2, -0.15) is 0 Å². The van der Waals surface area contributed by atoms with Crippen LogP contribution in [0.4, 0.5) is 5.69 Å². The van der Waals surface area contributed by atoms with Crippen molar-refractivity contribution in [2.45, 2.75) is 13.5 Å². The van der Waals surface area contributed by atoms with Crippen molar-refractivity contribution in [1.82, 2.24) is 4.57 Å². The minimum Gasteiger partial charge on any atom is -0.451 e. The third-order valence-electron chi connectivity index (χ3n) is 4.79. The maximum Gasteiger partial charge on any atom is 0.298 e. The highest BCUT2D eigenvalue weighted by molar-refractivity contribution is 6.02. The normalized spacial score (nSPS) is 11.1. The second kappa shape index (κ2) is 6.79. The third kappa shape index (κ3) is 2.69. The van der Waals surface area contributed by atoms with Crippen molar-refractivity contribution >= 4 is 22.5 Å². The van der Waals surface area contributed by atoms with Gasteiger partial charge in [0.15, 0.2) is 5.76 Å². The van der Waals surface area contributed by atoms with Crippen molar-refractivity contribution in [3.05, 3.63) is 87.8 Å². The largest absolute Gasteiger partial charge is 0.451 e. The number of aliphatic hydroxyl groups excluding tert-OH is 1. The zero-order valence-corrected chi connectivity index (χ0v) is 15.0. The van der Waals surface area contributed by atoms with E-state index in [0.29, 0.717) is 22.3 Å². The highest BCUT2D eigenvalue weighted by Crippen LogP contribution is 2.32. The fourth-order valence-electron chi connectivity index (χ4n) is 3.44. The van der Waals surface area contributed by atoms with Gasteiger partial charge in [-0.3, -0.25) is 19.5 Å². The number of hydrogen-bond acceptors (Lipinski definition) is 5. The number of benzene rings is 2. The summed E-state index contributed by atoms with van der Waals surface area (Å²) in [7, 11) is 0. The smallest absolute Gasteiger partial charge is 0.298 e. The van der Waals surface area contributed by atoms with Gasteiger partial charge in [0, 0.05) is 22.7 Å². The predicted octanol–water partition coefficient (Wildman–Crippen LogP) is 4.30. The summed E-state index contributed by atoms with van der Waals surface area (Å²) in [6.45, 7) is 1.57. The van der Waals surface area contributed by atoms with E-state index in [0.717, 1.165) is 5.39 Å². The molecular formula is C21H16N2O5. The van der Waals surface area contributed by atoms with Crippen LogP contribution < -0.4 is 0 Å². The summed E-state index contributed by atoms with van der Waals surface area (Å²) in [6.07, 6.45) is 0. The molecule has 0 aliphatic rings. The van der Waals surface area contributed by atoms with E-state index in [-0.39, 0.29) is 23.8 Å². The molecule has 4 rings (SSSR count). The van der Waals surface area contributed by atoms with E-state index in [4.69, 9.17) is 4.42 Å². The van der Waals surface area contributed by atoms with Crippen LogP contribution in [0.15, 0.2) is 65.1 Å². The zero-order chi connectivity index (χ0) is 19.8. The second-order valence-electron chi connectivity index (χ2n) is 6.32. The number of nitro benzene ring substituents is 1. The molecule has 2 aromatic carbocycles. The van der Waals surface area contributed by atoms with Gasteiger partial charge in [-0.25, -0.2) is 0 Å². The molecule has 0 aliphatic heterocycles. The third-order valence-corrected chi connectivity index (χ3v) is 4.79. The van der Waals surface area contributed by atoms with Crippen molar-refractivity contribution in [3.8, 4) is 11.3 Å².